The van der Waals surface area contributed by atoms with E-state index >= 15 is 0 Å². The summed E-state index contributed by atoms with van der Waals surface area (Å²) < 4.78 is 5.19. The van der Waals surface area contributed by atoms with Gasteiger partial charge in [0.2, 0.25) is 0 Å². The van der Waals surface area contributed by atoms with Crippen molar-refractivity contribution in [2.75, 3.05) is 0 Å². The first-order valence-corrected chi connectivity index (χ1v) is 7.33. The number of rotatable bonds is 6. The smallest absolute Gasteiger partial charge is 0.305 e. The highest BCUT2D eigenvalue weighted by Crippen LogP contribution is 2.16. The molecule has 0 aromatic heterocycles. The summed E-state index contributed by atoms with van der Waals surface area (Å²) in [6.07, 6.45) is 3.90. The Morgan fingerprint density at radius 2 is 1.37 bits per heavy atom. The van der Waals surface area contributed by atoms with Crippen LogP contribution in [0.4, 0.5) is 0 Å². The second kappa shape index (κ2) is 11.8. The van der Waals surface area contributed by atoms with E-state index < -0.39 is 0 Å². The summed E-state index contributed by atoms with van der Waals surface area (Å²) in [6.45, 7) is 8.17. The molecule has 1 unspecified atom stereocenters. The molecule has 1 aromatic rings. The molecule has 108 valence electrons. The molecular weight excluding hydrogens is 236 g/mol. The largest absolute Gasteiger partial charge is 0.463 e. The zero-order valence-electron chi connectivity index (χ0n) is 12.8. The molecule has 0 aliphatic rings. The Bertz CT molecular complexity index is 278. The lowest BCUT2D eigenvalue weighted by Gasteiger charge is -2.18. The number of hydrogen-bond donors (Lipinski definition) is 0. The van der Waals surface area contributed by atoms with Crippen LogP contribution in [0.15, 0.2) is 36.4 Å². The minimum Gasteiger partial charge on any atom is -0.463 e. The predicted octanol–water partition coefficient (Wildman–Crippen LogP) is 4.84. The second-order valence-corrected chi connectivity index (χ2v) is 4.73. The predicted molar refractivity (Wildman–Crippen MR) is 81.0 cm³/mol. The Morgan fingerprint density at radius 1 is 0.947 bits per heavy atom. The van der Waals surface area contributed by atoms with E-state index in [2.05, 4.69) is 13.8 Å². The molecular formula is C17H28O2. The molecule has 2 heteroatoms. The van der Waals surface area contributed by atoms with Crippen molar-refractivity contribution in [2.24, 2.45) is 5.92 Å². The van der Waals surface area contributed by atoms with Crippen LogP contribution >= 0.6 is 0 Å². The maximum Gasteiger partial charge on any atom is 0.305 e. The molecule has 0 radical (unpaired) electrons. The second-order valence-electron chi connectivity index (χ2n) is 4.73. The molecule has 1 rings (SSSR count). The van der Waals surface area contributed by atoms with Gasteiger partial charge in [0.15, 0.2) is 0 Å². The van der Waals surface area contributed by atoms with Crippen molar-refractivity contribution >= 4 is 5.97 Å². The van der Waals surface area contributed by atoms with E-state index in [0.29, 0.717) is 12.3 Å². The van der Waals surface area contributed by atoms with E-state index in [1.807, 2.05) is 50.2 Å². The van der Waals surface area contributed by atoms with E-state index in [0.717, 1.165) is 6.42 Å². The molecule has 0 saturated heterocycles. The van der Waals surface area contributed by atoms with Crippen molar-refractivity contribution in [3.05, 3.63) is 36.4 Å². The van der Waals surface area contributed by atoms with Crippen LogP contribution in [-0.4, -0.2) is 12.1 Å². The van der Waals surface area contributed by atoms with Crippen LogP contribution < -0.4 is 0 Å². The minimum atomic E-state index is -0.0848. The van der Waals surface area contributed by atoms with Crippen LogP contribution in [0.25, 0.3) is 0 Å². The van der Waals surface area contributed by atoms with Gasteiger partial charge in [-0.3, -0.25) is 4.79 Å². The lowest BCUT2D eigenvalue weighted by Crippen LogP contribution is -2.17. The zero-order valence-corrected chi connectivity index (χ0v) is 12.8. The van der Waals surface area contributed by atoms with Crippen LogP contribution in [-0.2, 0) is 9.53 Å². The van der Waals surface area contributed by atoms with E-state index in [9.17, 15) is 4.79 Å². The number of carbonyl (C=O) groups is 1. The molecule has 0 amide bonds. The van der Waals surface area contributed by atoms with Gasteiger partial charge in [-0.2, -0.15) is 0 Å². The maximum absolute atomic E-state index is 11.0. The first kappa shape index (κ1) is 17.7. The maximum atomic E-state index is 11.0. The van der Waals surface area contributed by atoms with Crippen molar-refractivity contribution in [3.8, 4) is 0 Å². The van der Waals surface area contributed by atoms with E-state index in [4.69, 9.17) is 4.74 Å². The highest BCUT2D eigenvalue weighted by Gasteiger charge is 2.12. The number of esters is 1. The molecule has 1 aromatic carbocycles. The van der Waals surface area contributed by atoms with Crippen molar-refractivity contribution in [3.63, 3.8) is 0 Å². The Kier molecular flexibility index (Phi) is 11.0. The third-order valence-corrected chi connectivity index (χ3v) is 3.11. The molecule has 0 heterocycles. The molecule has 0 aliphatic carbocycles. The average molecular weight is 264 g/mol. The van der Waals surface area contributed by atoms with Crippen LogP contribution in [0.3, 0.4) is 0 Å². The van der Waals surface area contributed by atoms with E-state index in [-0.39, 0.29) is 12.1 Å². The summed E-state index contributed by atoms with van der Waals surface area (Å²) in [5, 5.41) is 0. The Hall–Kier alpha value is -1.31. The number of carbonyl (C=O) groups excluding carboxylic acids is 1. The third kappa shape index (κ3) is 10.3. The molecule has 1 atom stereocenters. The van der Waals surface area contributed by atoms with Gasteiger partial charge in [0, 0.05) is 6.42 Å². The standard InChI is InChI=1S/C11H22O2.C6H6/c1-5-10(6-2)8-9(4)13-11(12)7-3;1-2-4-6-5-3-1/h9-10H,5-8H2,1-4H3;1-6H. The van der Waals surface area contributed by atoms with Gasteiger partial charge in [-0.25, -0.2) is 0 Å². The van der Waals surface area contributed by atoms with Crippen molar-refractivity contribution in [1.82, 2.24) is 0 Å². The normalized spacial score (nSPS) is 11.4. The summed E-state index contributed by atoms with van der Waals surface area (Å²) in [6, 6.07) is 12.0. The molecule has 19 heavy (non-hydrogen) atoms. The Morgan fingerprint density at radius 3 is 1.68 bits per heavy atom. The van der Waals surface area contributed by atoms with Crippen molar-refractivity contribution in [2.45, 2.75) is 59.5 Å². The van der Waals surface area contributed by atoms with Gasteiger partial charge < -0.3 is 4.74 Å². The average Bonchev–Trinajstić information content (AvgIpc) is 2.47. The molecule has 0 fully saturated rings. The van der Waals surface area contributed by atoms with Gasteiger partial charge in [0.05, 0.1) is 6.10 Å². The van der Waals surface area contributed by atoms with Gasteiger partial charge in [0.25, 0.3) is 0 Å². The highest BCUT2D eigenvalue weighted by atomic mass is 16.5. The lowest BCUT2D eigenvalue weighted by molar-refractivity contribution is -0.148. The van der Waals surface area contributed by atoms with Crippen LogP contribution in [0.2, 0.25) is 0 Å². The Labute approximate surface area is 118 Å². The van der Waals surface area contributed by atoms with E-state index in [1.54, 1.807) is 0 Å². The number of ether oxygens (including phenoxy) is 1. The third-order valence-electron chi connectivity index (χ3n) is 3.11. The zero-order chi connectivity index (χ0) is 14.5. The van der Waals surface area contributed by atoms with Crippen LogP contribution in [0, 0.1) is 5.92 Å². The van der Waals surface area contributed by atoms with Gasteiger partial charge in [0.1, 0.15) is 0 Å². The molecule has 2 nitrogen and oxygen atoms in total. The summed E-state index contributed by atoms with van der Waals surface area (Å²) in [5.41, 5.74) is 0. The lowest BCUT2D eigenvalue weighted by atomic mass is 9.97. The van der Waals surface area contributed by atoms with Gasteiger partial charge in [-0.1, -0.05) is 70.0 Å². The van der Waals surface area contributed by atoms with E-state index in [1.165, 1.54) is 12.8 Å². The monoisotopic (exact) mass is 264 g/mol. The molecule has 0 bridgehead atoms. The molecule has 0 aliphatic heterocycles. The summed E-state index contributed by atoms with van der Waals surface area (Å²) >= 11 is 0. The first-order valence-electron chi connectivity index (χ1n) is 7.33. The fourth-order valence-corrected chi connectivity index (χ4v) is 1.83. The van der Waals surface area contributed by atoms with Crippen LogP contribution in [0.5, 0.6) is 0 Å². The Balaban J connectivity index is 0.000000443. The first-order chi connectivity index (χ1) is 9.13. The highest BCUT2D eigenvalue weighted by molar-refractivity contribution is 5.69. The minimum absolute atomic E-state index is 0.0809. The number of hydrogen-bond acceptors (Lipinski definition) is 2. The molecule has 0 spiro atoms. The quantitative estimate of drug-likeness (QED) is 0.687. The fourth-order valence-electron chi connectivity index (χ4n) is 1.83. The van der Waals surface area contributed by atoms with Crippen LogP contribution in [0.1, 0.15) is 53.4 Å². The van der Waals surface area contributed by atoms with Gasteiger partial charge in [-0.05, 0) is 19.3 Å². The van der Waals surface area contributed by atoms with Crippen molar-refractivity contribution in [1.29, 1.82) is 0 Å². The van der Waals surface area contributed by atoms with Gasteiger partial charge >= 0.3 is 5.97 Å². The fraction of sp³-hybridized carbons (Fsp3) is 0.588. The van der Waals surface area contributed by atoms with Gasteiger partial charge in [-0.15, -0.1) is 0 Å². The SMILES string of the molecule is CCC(=O)OC(C)CC(CC)CC.c1ccccc1. The summed E-state index contributed by atoms with van der Waals surface area (Å²) in [4.78, 5) is 11.0. The van der Waals surface area contributed by atoms with Crippen molar-refractivity contribution < 1.29 is 9.53 Å². The topological polar surface area (TPSA) is 26.3 Å². The summed E-state index contributed by atoms with van der Waals surface area (Å²) in [7, 11) is 0. The summed E-state index contributed by atoms with van der Waals surface area (Å²) in [5.74, 6) is 0.609. The molecule has 0 N–H and O–H groups in total. The number of benzene rings is 1. The molecule has 0 saturated carbocycles.